The second kappa shape index (κ2) is 43.4. The van der Waals surface area contributed by atoms with Gasteiger partial charge in [0.15, 0.2) is 0 Å². The van der Waals surface area contributed by atoms with Crippen LogP contribution in [0.1, 0.15) is 261 Å². The molecule has 7 unspecified atom stereocenters. The molecule has 17 nitrogen and oxygen atoms in total. The SMILES string of the molecule is CCC(CC(CC(C)(C)C(=O)OCCCN(C)C)N1CCCC1O)N1CCCCCC1O.CCCCCCCCCCCC[N+](C)(C)CCCNC(=O)C(C)(C)CC(C)(CC(CC(CC)N1CCCCCC1=O)N1CCCC1=O)C(=O)NCCCN(C)C.Cl. The summed E-state index contributed by atoms with van der Waals surface area (Å²) in [5, 5.41) is 27.9. The Morgan fingerprint density at radius 2 is 1.06 bits per heavy atom. The fraction of sp³-hybridized carbons (Fsp3) is 0.930. The Kier molecular flexibility index (Phi) is 40.2. The summed E-state index contributed by atoms with van der Waals surface area (Å²) in [7, 11) is 12.7. The number of halogens is 1. The number of quaternary nitrogens is 1. The van der Waals surface area contributed by atoms with Crippen molar-refractivity contribution in [3.05, 3.63) is 0 Å². The average molecular weight is 1280 g/mol. The molecule has 0 aromatic heterocycles. The molecule has 0 aromatic carbocycles. The minimum absolute atomic E-state index is 0. The van der Waals surface area contributed by atoms with E-state index < -0.39 is 22.5 Å². The molecular formula is C71H139ClN9O8+. The number of ether oxygens (including phenoxy) is 1. The van der Waals surface area contributed by atoms with Gasteiger partial charge in [0.1, 0.15) is 12.5 Å². The average Bonchev–Trinajstić information content (AvgIpc) is 2.30. The minimum atomic E-state index is -0.901. The molecule has 4 aliphatic rings. The second-order valence-corrected chi connectivity index (χ2v) is 30.2. The molecule has 89 heavy (non-hydrogen) atoms. The predicted molar refractivity (Wildman–Crippen MR) is 368 cm³/mol. The van der Waals surface area contributed by atoms with Gasteiger partial charge in [0.2, 0.25) is 23.6 Å². The van der Waals surface area contributed by atoms with E-state index in [0.29, 0.717) is 64.8 Å². The lowest BCUT2D eigenvalue weighted by atomic mass is 9.69. The number of unbranched alkanes of at least 4 members (excludes halogenated alkanes) is 9. The number of carbonyl (C=O) groups is 5. The van der Waals surface area contributed by atoms with Gasteiger partial charge in [-0.1, -0.05) is 106 Å². The monoisotopic (exact) mass is 1280 g/mol. The van der Waals surface area contributed by atoms with Crippen LogP contribution in [0.3, 0.4) is 0 Å². The molecule has 4 rings (SSSR count). The number of nitrogens with zero attached hydrogens (tertiary/aromatic N) is 7. The van der Waals surface area contributed by atoms with Gasteiger partial charge in [-0.15, -0.1) is 12.4 Å². The van der Waals surface area contributed by atoms with E-state index >= 15 is 0 Å². The zero-order valence-corrected chi connectivity index (χ0v) is 60.6. The summed E-state index contributed by atoms with van der Waals surface area (Å²) in [5.41, 5.74) is -2.33. The zero-order chi connectivity index (χ0) is 65.3. The van der Waals surface area contributed by atoms with Gasteiger partial charge in [0.05, 0.1) is 39.2 Å². The van der Waals surface area contributed by atoms with Crippen molar-refractivity contribution >= 4 is 42.0 Å². The Hall–Kier alpha value is -2.64. The van der Waals surface area contributed by atoms with E-state index in [9.17, 15) is 34.2 Å². The maximum atomic E-state index is 14.3. The first-order chi connectivity index (χ1) is 41.7. The van der Waals surface area contributed by atoms with Crippen LogP contribution in [0.5, 0.6) is 0 Å². The van der Waals surface area contributed by atoms with E-state index in [0.717, 1.165) is 147 Å². The number of esters is 1. The first-order valence-electron chi connectivity index (χ1n) is 36.0. The van der Waals surface area contributed by atoms with E-state index in [2.05, 4.69) is 70.0 Å². The quantitative estimate of drug-likeness (QED) is 0.0259. The van der Waals surface area contributed by atoms with Crippen molar-refractivity contribution in [2.75, 3.05) is 114 Å². The number of aliphatic hydroxyl groups is 2. The molecule has 4 aliphatic heterocycles. The van der Waals surface area contributed by atoms with E-state index in [1.54, 1.807) is 0 Å². The number of hydrogen-bond acceptors (Lipinski definition) is 12. The highest BCUT2D eigenvalue weighted by Gasteiger charge is 2.46. The summed E-state index contributed by atoms with van der Waals surface area (Å²) < 4.78 is 6.59. The summed E-state index contributed by atoms with van der Waals surface area (Å²) in [6, 6.07) is 0.137. The first kappa shape index (κ1) is 82.5. The summed E-state index contributed by atoms with van der Waals surface area (Å²) in [5.74, 6) is 0.101. The third-order valence-corrected chi connectivity index (χ3v) is 20.0. The molecule has 7 atom stereocenters. The number of rotatable bonds is 42. The summed E-state index contributed by atoms with van der Waals surface area (Å²) in [4.78, 5) is 80.5. The van der Waals surface area contributed by atoms with E-state index in [-0.39, 0.29) is 72.4 Å². The third kappa shape index (κ3) is 31.0. The number of carbonyl (C=O) groups excluding carboxylic acids is 5. The number of nitrogens with one attached hydrogen (secondary N) is 2. The topological polar surface area (TPSA) is 179 Å². The van der Waals surface area contributed by atoms with Gasteiger partial charge in [0.25, 0.3) is 0 Å². The molecule has 4 amide bonds. The van der Waals surface area contributed by atoms with Crippen LogP contribution in [0.2, 0.25) is 0 Å². The largest absolute Gasteiger partial charge is 0.465 e. The van der Waals surface area contributed by atoms with Gasteiger partial charge in [-0.25, -0.2) is 0 Å². The van der Waals surface area contributed by atoms with Crippen LogP contribution in [-0.2, 0) is 28.7 Å². The normalized spacial score (nSPS) is 20.5. The van der Waals surface area contributed by atoms with Gasteiger partial charge >= 0.3 is 5.97 Å². The summed E-state index contributed by atoms with van der Waals surface area (Å²) in [6.45, 7) is 25.2. The van der Waals surface area contributed by atoms with Crippen molar-refractivity contribution in [1.29, 1.82) is 0 Å². The summed E-state index contributed by atoms with van der Waals surface area (Å²) >= 11 is 0. The van der Waals surface area contributed by atoms with Gasteiger partial charge in [0, 0.05) is 100 Å². The maximum Gasteiger partial charge on any atom is 0.311 e. The fourth-order valence-electron chi connectivity index (χ4n) is 14.6. The van der Waals surface area contributed by atoms with Gasteiger partial charge in [-0.2, -0.15) is 0 Å². The molecular weight excluding hydrogens is 1140 g/mol. The molecule has 4 N–H and O–H groups in total. The Labute approximate surface area is 551 Å². The maximum absolute atomic E-state index is 14.3. The smallest absolute Gasteiger partial charge is 0.311 e. The van der Waals surface area contributed by atoms with Crippen LogP contribution in [0, 0.1) is 16.2 Å². The van der Waals surface area contributed by atoms with Crippen LogP contribution >= 0.6 is 12.4 Å². The second-order valence-electron chi connectivity index (χ2n) is 30.2. The molecule has 0 aliphatic carbocycles. The standard InChI is InChI=1S/C46H88N6O4.C25H49N3O4.ClH/c1-10-12-13-14-15-16-17-18-19-23-34-52(8,9)35-26-30-47-43(55)45(3,4)38-46(5,44(56)48-29-25-31-49(6)7)37-40(51-33-24-28-42(51)54)36-39(11-2)50-32-22-20-21-27-41(50)53;1-6-20(27-15-9-7-8-12-22(27)29)18-21(28-16-10-13-23(28)30)19-25(2,3)24(31)32-17-11-14-26(4)5;/h39-40H,10-38H2,1-9H3,(H-,47,48,55,56);20-23,29-30H,6-19H2,1-5H3;1H/p+1. The number of aliphatic hydroxyl groups excluding tert-OH is 2. The molecule has 522 valence electrons. The van der Waals surface area contributed by atoms with Crippen molar-refractivity contribution in [1.82, 2.24) is 40.0 Å². The Bertz CT molecular complexity index is 1980. The summed E-state index contributed by atoms with van der Waals surface area (Å²) in [6.07, 6.45) is 30.8. The van der Waals surface area contributed by atoms with Crippen LogP contribution in [0.15, 0.2) is 0 Å². The molecule has 0 saturated carbocycles. The fourth-order valence-corrected chi connectivity index (χ4v) is 14.6. The first-order valence-corrected chi connectivity index (χ1v) is 36.0. The van der Waals surface area contributed by atoms with Crippen molar-refractivity contribution in [3.8, 4) is 0 Å². The zero-order valence-electron chi connectivity index (χ0n) is 59.8. The molecule has 4 heterocycles. The van der Waals surface area contributed by atoms with E-state index in [1.165, 1.54) is 70.6 Å². The number of likely N-dealkylation sites (tertiary alicyclic amines) is 4. The third-order valence-electron chi connectivity index (χ3n) is 20.0. The highest BCUT2D eigenvalue weighted by atomic mass is 35.5. The Balaban J connectivity index is 0.000000692. The lowest BCUT2D eigenvalue weighted by molar-refractivity contribution is -0.890. The van der Waals surface area contributed by atoms with Crippen LogP contribution in [0.25, 0.3) is 0 Å². The predicted octanol–water partition coefficient (Wildman–Crippen LogP) is 11.4. The lowest BCUT2D eigenvalue weighted by Gasteiger charge is -2.42. The number of amides is 4. The van der Waals surface area contributed by atoms with Gasteiger partial charge in [-0.05, 0) is 171 Å². The van der Waals surface area contributed by atoms with Crippen molar-refractivity contribution in [3.63, 3.8) is 0 Å². The molecule has 0 bridgehead atoms. The van der Waals surface area contributed by atoms with Crippen LogP contribution in [-0.4, -0.2) is 225 Å². The van der Waals surface area contributed by atoms with E-state index in [1.807, 2.05) is 67.7 Å². The highest BCUT2D eigenvalue weighted by Crippen LogP contribution is 2.41. The van der Waals surface area contributed by atoms with E-state index in [4.69, 9.17) is 4.74 Å². The molecule has 0 aromatic rings. The lowest BCUT2D eigenvalue weighted by Crippen LogP contribution is -2.52. The Morgan fingerprint density at radius 1 is 0.562 bits per heavy atom. The van der Waals surface area contributed by atoms with Crippen molar-refractivity contribution in [2.24, 2.45) is 16.2 Å². The molecule has 0 spiro atoms. The van der Waals surface area contributed by atoms with Crippen molar-refractivity contribution in [2.45, 2.75) is 297 Å². The molecule has 4 saturated heterocycles. The van der Waals surface area contributed by atoms with Crippen LogP contribution < -0.4 is 10.6 Å². The van der Waals surface area contributed by atoms with Crippen molar-refractivity contribution < 1.29 is 43.4 Å². The molecule has 4 fully saturated rings. The van der Waals surface area contributed by atoms with Gasteiger partial charge < -0.3 is 49.7 Å². The minimum Gasteiger partial charge on any atom is -0.465 e. The Morgan fingerprint density at radius 3 is 1.65 bits per heavy atom. The van der Waals surface area contributed by atoms with Crippen LogP contribution in [0.4, 0.5) is 0 Å². The number of hydrogen-bond donors (Lipinski definition) is 4. The molecule has 18 heteroatoms. The highest BCUT2D eigenvalue weighted by molar-refractivity contribution is 5.86. The molecule has 0 radical (unpaired) electrons. The van der Waals surface area contributed by atoms with Gasteiger partial charge in [-0.3, -0.25) is 33.8 Å².